The molecule has 134 valence electrons. The summed E-state index contributed by atoms with van der Waals surface area (Å²) in [4.78, 5) is 4.77. The molecule has 1 aliphatic heterocycles. The van der Waals surface area contributed by atoms with Gasteiger partial charge in [0.25, 0.3) is 0 Å². The summed E-state index contributed by atoms with van der Waals surface area (Å²) in [6.07, 6.45) is 10.5. The van der Waals surface area contributed by atoms with Crippen molar-refractivity contribution in [1.82, 2.24) is 14.6 Å². The van der Waals surface area contributed by atoms with Crippen LogP contribution < -0.4 is 10.1 Å². The molecule has 0 saturated heterocycles. The smallest absolute Gasteiger partial charge is 0.165 e. The standard InChI is InChI=1S/C21H24N4O/c1-16-6-2-3-11-22-20-10-12-25-21(24-20)19(15-23-25)17-8-4-9-18(14-17)26-13-5-7-16/h4,7-10,12,14-15H,2-3,5-6,11,13H2,1H3,(H,22,24). The van der Waals surface area contributed by atoms with E-state index in [4.69, 9.17) is 9.72 Å². The van der Waals surface area contributed by atoms with E-state index in [1.165, 1.54) is 12.0 Å². The quantitative estimate of drug-likeness (QED) is 0.598. The SMILES string of the molecule is CC1=CCCOc2cccc(c2)-c2cnn3ccc(nc23)NCCCC1. The summed E-state index contributed by atoms with van der Waals surface area (Å²) in [5.74, 6) is 1.77. The van der Waals surface area contributed by atoms with Crippen LogP contribution in [-0.2, 0) is 0 Å². The highest BCUT2D eigenvalue weighted by molar-refractivity contribution is 5.78. The molecular formula is C21H24N4O. The average molecular weight is 348 g/mol. The van der Waals surface area contributed by atoms with Crippen LogP contribution in [0, 0.1) is 0 Å². The second kappa shape index (κ2) is 7.60. The molecule has 1 N–H and O–H groups in total. The van der Waals surface area contributed by atoms with Gasteiger partial charge in [0.2, 0.25) is 0 Å². The summed E-state index contributed by atoms with van der Waals surface area (Å²) in [6.45, 7) is 3.83. The summed E-state index contributed by atoms with van der Waals surface area (Å²) in [5.41, 5.74) is 4.38. The lowest BCUT2D eigenvalue weighted by atomic mass is 10.1. The first-order valence-corrected chi connectivity index (χ1v) is 9.27. The van der Waals surface area contributed by atoms with Gasteiger partial charge in [-0.3, -0.25) is 0 Å². The van der Waals surface area contributed by atoms with E-state index in [1.54, 1.807) is 0 Å². The molecule has 3 heterocycles. The number of hydrogen-bond acceptors (Lipinski definition) is 4. The van der Waals surface area contributed by atoms with E-state index in [9.17, 15) is 0 Å². The highest BCUT2D eigenvalue weighted by atomic mass is 16.5. The zero-order valence-electron chi connectivity index (χ0n) is 15.1. The minimum atomic E-state index is 0.694. The van der Waals surface area contributed by atoms with Crippen molar-refractivity contribution in [2.75, 3.05) is 18.5 Å². The van der Waals surface area contributed by atoms with Crippen LogP contribution >= 0.6 is 0 Å². The Morgan fingerprint density at radius 3 is 3.12 bits per heavy atom. The van der Waals surface area contributed by atoms with Crippen molar-refractivity contribution in [3.05, 3.63) is 54.4 Å². The molecule has 0 atom stereocenters. The number of hydrogen-bond donors (Lipinski definition) is 1. The number of allylic oxidation sites excluding steroid dienone is 1. The first-order valence-electron chi connectivity index (χ1n) is 9.27. The number of ether oxygens (including phenoxy) is 1. The number of aromatic nitrogens is 3. The Morgan fingerprint density at radius 2 is 2.15 bits per heavy atom. The monoisotopic (exact) mass is 348 g/mol. The molecule has 2 aromatic heterocycles. The fourth-order valence-electron chi connectivity index (χ4n) is 3.25. The topological polar surface area (TPSA) is 51.5 Å². The minimum Gasteiger partial charge on any atom is -0.493 e. The lowest BCUT2D eigenvalue weighted by Gasteiger charge is -2.07. The highest BCUT2D eigenvalue weighted by Gasteiger charge is 2.10. The maximum atomic E-state index is 5.94. The van der Waals surface area contributed by atoms with Crippen LogP contribution in [0.3, 0.4) is 0 Å². The normalized spacial score (nSPS) is 15.8. The van der Waals surface area contributed by atoms with Gasteiger partial charge >= 0.3 is 0 Å². The molecule has 0 unspecified atom stereocenters. The molecule has 0 radical (unpaired) electrons. The van der Waals surface area contributed by atoms with Gasteiger partial charge in [0, 0.05) is 18.3 Å². The predicted octanol–water partition coefficient (Wildman–Crippen LogP) is 4.71. The molecule has 4 bridgehead atoms. The van der Waals surface area contributed by atoms with Gasteiger partial charge in [0.15, 0.2) is 5.65 Å². The Hall–Kier alpha value is -2.82. The van der Waals surface area contributed by atoms with Crippen LogP contribution in [0.5, 0.6) is 5.75 Å². The summed E-state index contributed by atoms with van der Waals surface area (Å²) in [5, 5.41) is 7.87. The molecule has 0 amide bonds. The molecule has 0 spiro atoms. The Kier molecular flexibility index (Phi) is 4.86. The van der Waals surface area contributed by atoms with Crippen LogP contribution in [0.15, 0.2) is 54.4 Å². The molecule has 0 saturated carbocycles. The molecule has 1 aliphatic rings. The third kappa shape index (κ3) is 3.72. The van der Waals surface area contributed by atoms with Crippen LogP contribution in [-0.4, -0.2) is 27.7 Å². The molecular weight excluding hydrogens is 324 g/mol. The molecule has 0 aliphatic carbocycles. The molecule has 5 nitrogen and oxygen atoms in total. The Balaban J connectivity index is 1.69. The Bertz CT molecular complexity index is 929. The van der Waals surface area contributed by atoms with Gasteiger partial charge in [-0.05, 0) is 56.4 Å². The second-order valence-electron chi connectivity index (χ2n) is 6.74. The zero-order chi connectivity index (χ0) is 17.8. The van der Waals surface area contributed by atoms with Crippen molar-refractivity contribution in [2.45, 2.75) is 32.6 Å². The third-order valence-corrected chi connectivity index (χ3v) is 4.70. The summed E-state index contributed by atoms with van der Waals surface area (Å²) in [7, 11) is 0. The van der Waals surface area contributed by atoms with Gasteiger partial charge in [-0.2, -0.15) is 5.10 Å². The number of anilines is 1. The van der Waals surface area contributed by atoms with Gasteiger partial charge in [-0.15, -0.1) is 0 Å². The molecule has 3 aromatic rings. The summed E-state index contributed by atoms with van der Waals surface area (Å²) in [6, 6.07) is 10.1. The first-order chi connectivity index (χ1) is 12.8. The molecule has 5 heteroatoms. The zero-order valence-corrected chi connectivity index (χ0v) is 15.1. The maximum absolute atomic E-state index is 5.94. The number of fused-ring (bicyclic) bond motifs is 4. The van der Waals surface area contributed by atoms with Crippen molar-refractivity contribution >= 4 is 11.5 Å². The van der Waals surface area contributed by atoms with Crippen LogP contribution in [0.4, 0.5) is 5.82 Å². The summed E-state index contributed by atoms with van der Waals surface area (Å²) < 4.78 is 7.76. The number of nitrogens with zero attached hydrogens (tertiary/aromatic N) is 3. The van der Waals surface area contributed by atoms with Crippen molar-refractivity contribution in [1.29, 1.82) is 0 Å². The van der Waals surface area contributed by atoms with E-state index in [1.807, 2.05) is 35.1 Å². The fourth-order valence-corrected chi connectivity index (χ4v) is 3.25. The lowest BCUT2D eigenvalue weighted by Crippen LogP contribution is -2.04. The van der Waals surface area contributed by atoms with E-state index in [0.29, 0.717) is 6.61 Å². The lowest BCUT2D eigenvalue weighted by molar-refractivity contribution is 0.324. The van der Waals surface area contributed by atoms with Gasteiger partial charge in [-0.25, -0.2) is 9.50 Å². The molecule has 26 heavy (non-hydrogen) atoms. The van der Waals surface area contributed by atoms with Gasteiger partial charge < -0.3 is 10.1 Å². The number of rotatable bonds is 0. The maximum Gasteiger partial charge on any atom is 0.165 e. The van der Waals surface area contributed by atoms with Crippen LogP contribution in [0.2, 0.25) is 0 Å². The van der Waals surface area contributed by atoms with Crippen molar-refractivity contribution in [3.63, 3.8) is 0 Å². The van der Waals surface area contributed by atoms with Crippen LogP contribution in [0.1, 0.15) is 32.6 Å². The number of benzene rings is 1. The predicted molar refractivity (Wildman–Crippen MR) is 105 cm³/mol. The van der Waals surface area contributed by atoms with Crippen molar-refractivity contribution in [3.8, 4) is 16.9 Å². The molecule has 4 rings (SSSR count). The summed E-state index contributed by atoms with van der Waals surface area (Å²) >= 11 is 0. The van der Waals surface area contributed by atoms with Gasteiger partial charge in [-0.1, -0.05) is 23.8 Å². The van der Waals surface area contributed by atoms with E-state index in [2.05, 4.69) is 35.5 Å². The molecule has 1 aromatic carbocycles. The Morgan fingerprint density at radius 1 is 1.19 bits per heavy atom. The highest BCUT2D eigenvalue weighted by Crippen LogP contribution is 2.27. The van der Waals surface area contributed by atoms with Crippen molar-refractivity contribution in [2.24, 2.45) is 0 Å². The van der Waals surface area contributed by atoms with Crippen LogP contribution in [0.25, 0.3) is 16.8 Å². The van der Waals surface area contributed by atoms with Crippen molar-refractivity contribution < 1.29 is 4.74 Å². The third-order valence-electron chi connectivity index (χ3n) is 4.70. The fraction of sp³-hybridized carbons (Fsp3) is 0.333. The van der Waals surface area contributed by atoms with E-state index >= 15 is 0 Å². The average Bonchev–Trinajstić information content (AvgIpc) is 3.08. The van der Waals surface area contributed by atoms with Gasteiger partial charge in [0.05, 0.1) is 12.8 Å². The van der Waals surface area contributed by atoms with E-state index in [0.717, 1.165) is 54.1 Å². The second-order valence-corrected chi connectivity index (χ2v) is 6.74. The minimum absolute atomic E-state index is 0.694. The van der Waals surface area contributed by atoms with E-state index in [-0.39, 0.29) is 0 Å². The number of nitrogens with one attached hydrogen (secondary N) is 1. The van der Waals surface area contributed by atoms with Gasteiger partial charge in [0.1, 0.15) is 11.6 Å². The Labute approximate surface area is 153 Å². The first kappa shape index (κ1) is 16.6. The molecule has 0 fully saturated rings. The largest absolute Gasteiger partial charge is 0.493 e. The van der Waals surface area contributed by atoms with E-state index < -0.39 is 0 Å².